The van der Waals surface area contributed by atoms with E-state index in [0.717, 1.165) is 38.8 Å². The molecule has 1 saturated carbocycles. The van der Waals surface area contributed by atoms with Crippen LogP contribution in [-0.2, 0) is 5.54 Å². The molecule has 0 unspecified atom stereocenters. The molecule has 1 heterocycles. The average Bonchev–Trinajstić information content (AvgIpc) is 2.93. The Morgan fingerprint density at radius 2 is 1.79 bits per heavy atom. The zero-order valence-electron chi connectivity index (χ0n) is 18.0. The molecule has 0 atom stereocenters. The van der Waals surface area contributed by atoms with Crippen molar-refractivity contribution in [2.24, 2.45) is 5.41 Å². The number of carbonyl (C=O) groups is 1. The van der Waals surface area contributed by atoms with Crippen LogP contribution in [0.2, 0.25) is 0 Å². The maximum atomic E-state index is 12.9. The Kier molecular flexibility index (Phi) is 5.46. The summed E-state index contributed by atoms with van der Waals surface area (Å²) in [6.45, 7) is 8.25. The number of nitrogens with zero attached hydrogens (tertiary/aromatic N) is 4. The smallest absolute Gasteiger partial charge is 0.320 e. The van der Waals surface area contributed by atoms with Crippen molar-refractivity contribution < 1.29 is 4.79 Å². The minimum Gasteiger partial charge on any atom is -0.321 e. The van der Waals surface area contributed by atoms with Gasteiger partial charge in [-0.05, 0) is 58.7 Å². The fraction of sp³-hybridized carbons (Fsp3) is 0.652. The highest BCUT2D eigenvalue weighted by Crippen LogP contribution is 2.49. The van der Waals surface area contributed by atoms with Crippen LogP contribution in [0.25, 0.3) is 0 Å². The molecule has 1 aliphatic heterocycles. The molecule has 0 radical (unpaired) electrons. The van der Waals surface area contributed by atoms with E-state index in [0.29, 0.717) is 6.54 Å². The van der Waals surface area contributed by atoms with Gasteiger partial charge in [-0.3, -0.25) is 4.90 Å². The average molecular weight is 383 g/mol. The lowest BCUT2D eigenvalue weighted by Gasteiger charge is -2.51. The van der Waals surface area contributed by atoms with E-state index >= 15 is 0 Å². The molecule has 1 aliphatic carbocycles. The van der Waals surface area contributed by atoms with Gasteiger partial charge in [-0.1, -0.05) is 37.3 Å². The lowest BCUT2D eigenvalue weighted by molar-refractivity contribution is 0.0204. The second kappa shape index (κ2) is 7.40. The molecule has 3 rings (SSSR count). The Morgan fingerprint density at radius 1 is 1.18 bits per heavy atom. The molecule has 0 N–H and O–H groups in total. The molecule has 0 aromatic heterocycles. The number of rotatable bonds is 5. The zero-order valence-corrected chi connectivity index (χ0v) is 18.0. The van der Waals surface area contributed by atoms with Gasteiger partial charge < -0.3 is 9.80 Å². The van der Waals surface area contributed by atoms with Crippen LogP contribution in [0, 0.1) is 16.7 Å². The van der Waals surface area contributed by atoms with Crippen LogP contribution in [0.1, 0.15) is 52.0 Å². The third-order valence-corrected chi connectivity index (χ3v) is 7.17. The Bertz CT molecular complexity index is 744. The third kappa shape index (κ3) is 3.39. The third-order valence-electron chi connectivity index (χ3n) is 7.17. The summed E-state index contributed by atoms with van der Waals surface area (Å²) < 4.78 is 0. The second-order valence-electron chi connectivity index (χ2n) is 9.33. The van der Waals surface area contributed by atoms with Crippen molar-refractivity contribution in [2.75, 3.05) is 33.7 Å². The maximum absolute atomic E-state index is 12.9. The quantitative estimate of drug-likeness (QED) is 0.771. The molecule has 2 amide bonds. The van der Waals surface area contributed by atoms with E-state index in [4.69, 9.17) is 0 Å². The second-order valence-corrected chi connectivity index (χ2v) is 9.33. The minimum absolute atomic E-state index is 0.0322. The molecular weight excluding hydrogens is 348 g/mol. The number of amides is 2. The van der Waals surface area contributed by atoms with E-state index in [1.54, 1.807) is 0 Å². The van der Waals surface area contributed by atoms with Gasteiger partial charge >= 0.3 is 6.03 Å². The predicted octanol–water partition coefficient (Wildman–Crippen LogP) is 4.06. The zero-order chi connectivity index (χ0) is 20.6. The van der Waals surface area contributed by atoms with E-state index in [9.17, 15) is 10.1 Å². The van der Waals surface area contributed by atoms with Gasteiger partial charge in [0.25, 0.3) is 0 Å². The van der Waals surface area contributed by atoms with Crippen LogP contribution in [0.15, 0.2) is 30.3 Å². The summed E-state index contributed by atoms with van der Waals surface area (Å²) in [5.74, 6) is 0. The number of carbonyl (C=O) groups excluding carboxylic acids is 1. The fourth-order valence-electron chi connectivity index (χ4n) is 5.14. The number of likely N-dealkylation sites (N-methyl/N-ethyl adjacent to an activating group) is 1. The van der Waals surface area contributed by atoms with E-state index in [2.05, 4.69) is 55.3 Å². The molecule has 1 saturated heterocycles. The molecule has 152 valence electrons. The van der Waals surface area contributed by atoms with E-state index in [1.807, 2.05) is 30.7 Å². The summed E-state index contributed by atoms with van der Waals surface area (Å²) in [7, 11) is 4.16. The monoisotopic (exact) mass is 382 g/mol. The van der Waals surface area contributed by atoms with Crippen LogP contribution in [0.4, 0.5) is 4.79 Å². The first-order valence-electron chi connectivity index (χ1n) is 10.4. The van der Waals surface area contributed by atoms with Gasteiger partial charge in [0.1, 0.15) is 0 Å². The number of hydrogen-bond acceptors (Lipinski definition) is 3. The first-order valence-corrected chi connectivity index (χ1v) is 10.4. The molecule has 5 heteroatoms. The molecule has 1 aromatic carbocycles. The normalized spacial score (nSPS) is 28.2. The van der Waals surface area contributed by atoms with Crippen molar-refractivity contribution >= 4 is 6.03 Å². The SMILES string of the molecule is CCN(C)C1(c2ccccc2)CCC2(CC1)CN(CC(C)(C)C#N)C(=O)N2C. The summed E-state index contributed by atoms with van der Waals surface area (Å²) in [5.41, 5.74) is 0.774. The van der Waals surface area contributed by atoms with E-state index in [1.165, 1.54) is 5.56 Å². The van der Waals surface area contributed by atoms with Gasteiger partial charge in [-0.25, -0.2) is 4.79 Å². The summed E-state index contributed by atoms with van der Waals surface area (Å²) in [5, 5.41) is 9.38. The number of urea groups is 1. The van der Waals surface area contributed by atoms with E-state index in [-0.39, 0.29) is 17.1 Å². The first kappa shape index (κ1) is 20.7. The van der Waals surface area contributed by atoms with Gasteiger partial charge in [-0.2, -0.15) is 5.26 Å². The Balaban J connectivity index is 1.83. The molecular formula is C23H34N4O. The van der Waals surface area contributed by atoms with Crippen molar-refractivity contribution in [3.05, 3.63) is 35.9 Å². The van der Waals surface area contributed by atoms with Crippen molar-refractivity contribution in [1.82, 2.24) is 14.7 Å². The summed E-state index contributed by atoms with van der Waals surface area (Å²) in [4.78, 5) is 19.3. The highest BCUT2D eigenvalue weighted by atomic mass is 16.2. The summed E-state index contributed by atoms with van der Waals surface area (Å²) in [6.07, 6.45) is 4.04. The predicted molar refractivity (Wildman–Crippen MR) is 112 cm³/mol. The Morgan fingerprint density at radius 3 is 2.32 bits per heavy atom. The molecule has 2 aliphatic rings. The Hall–Kier alpha value is -2.06. The van der Waals surface area contributed by atoms with Crippen LogP contribution in [0.5, 0.6) is 0 Å². The van der Waals surface area contributed by atoms with Crippen molar-refractivity contribution in [1.29, 1.82) is 5.26 Å². The van der Waals surface area contributed by atoms with Crippen LogP contribution >= 0.6 is 0 Å². The largest absolute Gasteiger partial charge is 0.321 e. The topological polar surface area (TPSA) is 50.6 Å². The molecule has 1 spiro atoms. The van der Waals surface area contributed by atoms with Crippen molar-refractivity contribution in [3.8, 4) is 6.07 Å². The number of benzene rings is 1. The van der Waals surface area contributed by atoms with Crippen LogP contribution in [-0.4, -0.2) is 60.0 Å². The highest BCUT2D eigenvalue weighted by Gasteiger charge is 2.53. The molecule has 28 heavy (non-hydrogen) atoms. The van der Waals surface area contributed by atoms with Crippen molar-refractivity contribution in [2.45, 2.75) is 57.5 Å². The van der Waals surface area contributed by atoms with Gasteiger partial charge in [0, 0.05) is 25.7 Å². The lowest BCUT2D eigenvalue weighted by Crippen LogP contribution is -2.55. The standard InChI is InChI=1S/C23H34N4O/c1-6-25(4)23(19-10-8-7-9-11-19)14-12-22(13-15-23)18-27(20(28)26(22)5)17-21(2,3)16-24/h7-11H,6,12-15,17-18H2,1-5H3. The van der Waals surface area contributed by atoms with E-state index < -0.39 is 5.41 Å². The molecule has 2 fully saturated rings. The maximum Gasteiger partial charge on any atom is 0.320 e. The highest BCUT2D eigenvalue weighted by molar-refractivity contribution is 5.78. The molecule has 5 nitrogen and oxygen atoms in total. The van der Waals surface area contributed by atoms with Gasteiger partial charge in [0.05, 0.1) is 17.0 Å². The molecule has 0 bridgehead atoms. The van der Waals surface area contributed by atoms with Gasteiger partial charge in [0.2, 0.25) is 0 Å². The number of nitriles is 1. The minimum atomic E-state index is -0.521. The lowest BCUT2D eigenvalue weighted by atomic mass is 9.68. The number of hydrogen-bond donors (Lipinski definition) is 0. The summed E-state index contributed by atoms with van der Waals surface area (Å²) in [6, 6.07) is 13.2. The summed E-state index contributed by atoms with van der Waals surface area (Å²) >= 11 is 0. The van der Waals surface area contributed by atoms with Crippen LogP contribution < -0.4 is 0 Å². The first-order chi connectivity index (χ1) is 13.2. The Labute approximate surface area is 169 Å². The molecule has 1 aromatic rings. The van der Waals surface area contributed by atoms with Gasteiger partial charge in [0.15, 0.2) is 0 Å². The fourth-order valence-corrected chi connectivity index (χ4v) is 5.14. The van der Waals surface area contributed by atoms with Crippen LogP contribution in [0.3, 0.4) is 0 Å². The van der Waals surface area contributed by atoms with Crippen molar-refractivity contribution in [3.63, 3.8) is 0 Å². The van der Waals surface area contributed by atoms with Gasteiger partial charge in [-0.15, -0.1) is 0 Å².